The third-order valence-corrected chi connectivity index (χ3v) is 7.79. The average Bonchev–Trinajstić information content (AvgIpc) is 2.87. The molecule has 0 aromatic heterocycles. The van der Waals surface area contributed by atoms with Crippen LogP contribution in [-0.2, 0) is 6.42 Å². The van der Waals surface area contributed by atoms with Crippen molar-refractivity contribution >= 4 is 0 Å². The largest absolute Gasteiger partial charge is 0.497 e. The quantitative estimate of drug-likeness (QED) is 0.787. The second-order valence-corrected chi connectivity index (χ2v) is 8.62. The number of ether oxygens (including phenoxy) is 1. The smallest absolute Gasteiger partial charge is 0.119 e. The zero-order valence-corrected chi connectivity index (χ0v) is 15.3. The van der Waals surface area contributed by atoms with Crippen molar-refractivity contribution in [3.63, 3.8) is 0 Å². The number of methoxy groups -OCH3 is 1. The predicted molar refractivity (Wildman–Crippen MR) is 97.4 cm³/mol. The van der Waals surface area contributed by atoms with Crippen LogP contribution in [0.25, 0.3) is 0 Å². The van der Waals surface area contributed by atoms with Gasteiger partial charge in [0.1, 0.15) is 5.75 Å². The van der Waals surface area contributed by atoms with Gasteiger partial charge in [0.2, 0.25) is 0 Å². The van der Waals surface area contributed by atoms with Crippen LogP contribution in [0.3, 0.4) is 0 Å². The molecule has 2 fully saturated rings. The maximum absolute atomic E-state index is 11.4. The van der Waals surface area contributed by atoms with E-state index in [-0.39, 0.29) is 5.41 Å². The van der Waals surface area contributed by atoms with Gasteiger partial charge < -0.3 is 9.84 Å². The fourth-order valence-corrected chi connectivity index (χ4v) is 6.40. The standard InChI is InChI=1S/C22H30O2/c1-14(2)22(23)12-10-20-19-7-5-15-13-16(24-4)6-8-17(15)18(19)9-11-21(20,22)3/h6,8,13,18-20,23H,1,5,7,9-12H2,2-4H3/t18?,19?,20?,21-,22?/m0/s1. The predicted octanol–water partition coefficient (Wildman–Crippen LogP) is 4.86. The van der Waals surface area contributed by atoms with Crippen LogP contribution in [0.1, 0.15) is 63.0 Å². The summed E-state index contributed by atoms with van der Waals surface area (Å²) < 4.78 is 5.41. The number of aryl methyl sites for hydroxylation is 1. The Morgan fingerprint density at radius 2 is 2.04 bits per heavy atom. The topological polar surface area (TPSA) is 29.5 Å². The summed E-state index contributed by atoms with van der Waals surface area (Å²) in [6, 6.07) is 6.65. The maximum atomic E-state index is 11.4. The van der Waals surface area contributed by atoms with E-state index >= 15 is 0 Å². The molecule has 4 unspecified atom stereocenters. The number of rotatable bonds is 2. The molecule has 5 atom stereocenters. The highest BCUT2D eigenvalue weighted by Crippen LogP contribution is 2.65. The van der Waals surface area contributed by atoms with Crippen molar-refractivity contribution in [2.45, 2.75) is 63.9 Å². The van der Waals surface area contributed by atoms with E-state index < -0.39 is 5.60 Å². The monoisotopic (exact) mass is 326 g/mol. The highest BCUT2D eigenvalue weighted by atomic mass is 16.5. The summed E-state index contributed by atoms with van der Waals surface area (Å²) >= 11 is 0. The van der Waals surface area contributed by atoms with Crippen LogP contribution in [0.5, 0.6) is 5.75 Å². The van der Waals surface area contributed by atoms with Gasteiger partial charge in [0.15, 0.2) is 0 Å². The van der Waals surface area contributed by atoms with Crippen LogP contribution in [-0.4, -0.2) is 17.8 Å². The Bertz CT molecular complexity index is 679. The molecule has 0 radical (unpaired) electrons. The van der Waals surface area contributed by atoms with Gasteiger partial charge in [0.25, 0.3) is 0 Å². The molecule has 1 aromatic rings. The molecular weight excluding hydrogens is 296 g/mol. The highest BCUT2D eigenvalue weighted by molar-refractivity contribution is 5.41. The van der Waals surface area contributed by atoms with Crippen LogP contribution in [0.2, 0.25) is 0 Å². The minimum absolute atomic E-state index is 0.00394. The van der Waals surface area contributed by atoms with E-state index in [9.17, 15) is 5.11 Å². The second-order valence-electron chi connectivity index (χ2n) is 8.62. The summed E-state index contributed by atoms with van der Waals surface area (Å²) in [4.78, 5) is 0. The minimum atomic E-state index is -0.664. The van der Waals surface area contributed by atoms with Gasteiger partial charge in [-0.2, -0.15) is 0 Å². The molecule has 0 bridgehead atoms. The van der Waals surface area contributed by atoms with Crippen LogP contribution < -0.4 is 4.74 Å². The van der Waals surface area contributed by atoms with Gasteiger partial charge in [-0.15, -0.1) is 0 Å². The van der Waals surface area contributed by atoms with Crippen LogP contribution in [0.15, 0.2) is 30.4 Å². The summed E-state index contributed by atoms with van der Waals surface area (Å²) in [5.41, 5.74) is 3.33. The van der Waals surface area contributed by atoms with E-state index in [0.717, 1.165) is 37.0 Å². The third kappa shape index (κ3) is 1.98. The Morgan fingerprint density at radius 1 is 1.25 bits per heavy atom. The molecule has 1 aromatic carbocycles. The number of fused-ring (bicyclic) bond motifs is 5. The summed E-state index contributed by atoms with van der Waals surface area (Å²) in [6.45, 7) is 8.49. The Kier molecular flexibility index (Phi) is 3.62. The summed E-state index contributed by atoms with van der Waals surface area (Å²) in [5, 5.41) is 11.4. The lowest BCUT2D eigenvalue weighted by Crippen LogP contribution is -2.51. The Labute approximate surface area is 145 Å². The molecule has 24 heavy (non-hydrogen) atoms. The fourth-order valence-electron chi connectivity index (χ4n) is 6.40. The van der Waals surface area contributed by atoms with E-state index in [1.165, 1.54) is 18.4 Å². The molecule has 1 N–H and O–H groups in total. The Morgan fingerprint density at radius 3 is 2.75 bits per heavy atom. The van der Waals surface area contributed by atoms with Crippen LogP contribution in [0.4, 0.5) is 0 Å². The van der Waals surface area contributed by atoms with Crippen molar-refractivity contribution in [3.8, 4) is 5.75 Å². The third-order valence-electron chi connectivity index (χ3n) is 7.79. The molecular formula is C22H30O2. The van der Waals surface area contributed by atoms with Crippen molar-refractivity contribution < 1.29 is 9.84 Å². The van der Waals surface area contributed by atoms with E-state index in [2.05, 4.69) is 31.7 Å². The summed E-state index contributed by atoms with van der Waals surface area (Å²) in [6.07, 6.45) is 6.72. The first-order chi connectivity index (χ1) is 11.4. The van der Waals surface area contributed by atoms with Gasteiger partial charge in [0.05, 0.1) is 12.7 Å². The molecule has 0 saturated heterocycles. The van der Waals surface area contributed by atoms with Crippen molar-refractivity contribution in [2.75, 3.05) is 7.11 Å². The molecule has 0 aliphatic heterocycles. The molecule has 130 valence electrons. The number of hydrogen-bond acceptors (Lipinski definition) is 2. The molecule has 3 aliphatic carbocycles. The van der Waals surface area contributed by atoms with Gasteiger partial charge in [-0.05, 0) is 92.0 Å². The summed E-state index contributed by atoms with van der Waals surface area (Å²) in [5.74, 6) is 2.96. The molecule has 2 heteroatoms. The number of hydrogen-bond donors (Lipinski definition) is 1. The fraction of sp³-hybridized carbons (Fsp3) is 0.636. The zero-order valence-electron chi connectivity index (χ0n) is 15.3. The molecule has 4 rings (SSSR count). The Balaban J connectivity index is 1.69. The van der Waals surface area contributed by atoms with Crippen molar-refractivity contribution in [2.24, 2.45) is 17.3 Å². The zero-order chi connectivity index (χ0) is 17.1. The Hall–Kier alpha value is -1.28. The first kappa shape index (κ1) is 16.2. The van der Waals surface area contributed by atoms with Gasteiger partial charge in [-0.25, -0.2) is 0 Å². The lowest BCUT2D eigenvalue weighted by molar-refractivity contribution is -0.0779. The molecule has 3 aliphatic rings. The number of benzene rings is 1. The molecule has 2 nitrogen and oxygen atoms in total. The first-order valence-corrected chi connectivity index (χ1v) is 9.46. The normalized spacial score (nSPS) is 40.4. The summed E-state index contributed by atoms with van der Waals surface area (Å²) in [7, 11) is 1.75. The SMILES string of the molecule is C=C(C)C1(O)CCC2C3CCc4cc(OC)ccc4C3CC[C@@]21C. The van der Waals surface area contributed by atoms with E-state index in [0.29, 0.717) is 17.8 Å². The van der Waals surface area contributed by atoms with E-state index in [4.69, 9.17) is 4.74 Å². The van der Waals surface area contributed by atoms with E-state index in [1.807, 2.05) is 6.92 Å². The molecule has 0 amide bonds. The van der Waals surface area contributed by atoms with Crippen molar-refractivity contribution in [3.05, 3.63) is 41.5 Å². The van der Waals surface area contributed by atoms with Gasteiger partial charge in [-0.3, -0.25) is 0 Å². The van der Waals surface area contributed by atoms with Crippen LogP contribution >= 0.6 is 0 Å². The van der Waals surface area contributed by atoms with Crippen molar-refractivity contribution in [1.29, 1.82) is 0 Å². The van der Waals surface area contributed by atoms with Gasteiger partial charge >= 0.3 is 0 Å². The second kappa shape index (κ2) is 5.36. The first-order valence-electron chi connectivity index (χ1n) is 9.46. The highest BCUT2D eigenvalue weighted by Gasteiger charge is 2.61. The van der Waals surface area contributed by atoms with E-state index in [1.54, 1.807) is 12.7 Å². The van der Waals surface area contributed by atoms with Gasteiger partial charge in [-0.1, -0.05) is 19.6 Å². The number of aliphatic hydroxyl groups is 1. The van der Waals surface area contributed by atoms with Crippen molar-refractivity contribution in [1.82, 2.24) is 0 Å². The van der Waals surface area contributed by atoms with Crippen LogP contribution in [0, 0.1) is 17.3 Å². The molecule has 2 saturated carbocycles. The lowest BCUT2D eigenvalue weighted by Gasteiger charge is -2.53. The molecule has 0 heterocycles. The minimum Gasteiger partial charge on any atom is -0.497 e. The maximum Gasteiger partial charge on any atom is 0.119 e. The van der Waals surface area contributed by atoms with Gasteiger partial charge in [0, 0.05) is 5.41 Å². The average molecular weight is 326 g/mol. The lowest BCUT2D eigenvalue weighted by atomic mass is 9.52. The molecule has 0 spiro atoms.